The average molecular weight is 268 g/mol. The summed E-state index contributed by atoms with van der Waals surface area (Å²) in [7, 11) is 0. The second kappa shape index (κ2) is 8.34. The summed E-state index contributed by atoms with van der Waals surface area (Å²) >= 11 is 0. The predicted octanol–water partition coefficient (Wildman–Crippen LogP) is 1.91. The van der Waals surface area contributed by atoms with Gasteiger partial charge < -0.3 is 25.2 Å². The van der Waals surface area contributed by atoms with Crippen LogP contribution in [0.15, 0.2) is 24.3 Å². The summed E-state index contributed by atoms with van der Waals surface area (Å²) in [5.74, 6) is 0.0966. The van der Waals surface area contributed by atoms with Crippen molar-refractivity contribution in [1.82, 2.24) is 5.32 Å². The first kappa shape index (κ1) is 15.3. The van der Waals surface area contributed by atoms with Gasteiger partial charge in [0, 0.05) is 25.0 Å². The molecule has 6 nitrogen and oxygen atoms in total. The number of benzene rings is 1. The maximum absolute atomic E-state index is 11.6. The van der Waals surface area contributed by atoms with Crippen LogP contribution in [0.4, 0.5) is 10.5 Å². The second-order valence-corrected chi connectivity index (χ2v) is 3.73. The highest BCUT2D eigenvalue weighted by Crippen LogP contribution is 2.14. The minimum absolute atomic E-state index is 0.0966. The smallest absolute Gasteiger partial charge is 0.319 e. The lowest BCUT2D eigenvalue weighted by atomic mass is 10.3. The molecule has 0 saturated heterocycles. The van der Waals surface area contributed by atoms with E-state index in [1.165, 1.54) is 12.1 Å². The van der Waals surface area contributed by atoms with Crippen molar-refractivity contribution in [1.29, 1.82) is 0 Å². The van der Waals surface area contributed by atoms with Crippen LogP contribution < -0.4 is 10.6 Å². The van der Waals surface area contributed by atoms with Gasteiger partial charge in [-0.25, -0.2) is 4.79 Å². The maximum atomic E-state index is 11.6. The van der Waals surface area contributed by atoms with Crippen LogP contribution >= 0.6 is 0 Å². The molecular weight excluding hydrogens is 248 g/mol. The molecule has 6 heteroatoms. The van der Waals surface area contributed by atoms with Crippen LogP contribution in [0, 0.1) is 0 Å². The van der Waals surface area contributed by atoms with E-state index in [2.05, 4.69) is 10.6 Å². The van der Waals surface area contributed by atoms with E-state index < -0.39 is 6.29 Å². The number of amides is 2. The molecule has 0 unspecified atom stereocenters. The fraction of sp³-hybridized carbons (Fsp3) is 0.462. The van der Waals surface area contributed by atoms with Gasteiger partial charge in [0.25, 0.3) is 0 Å². The number of carbonyl (C=O) groups is 1. The van der Waals surface area contributed by atoms with Gasteiger partial charge in [0.1, 0.15) is 5.75 Å². The zero-order valence-electron chi connectivity index (χ0n) is 11.2. The standard InChI is InChI=1S/C13H20N2O4/c1-3-18-12(19-4-2)9-14-13(17)15-10-6-5-7-11(16)8-10/h5-8,12,16H,3-4,9H2,1-2H3,(H2,14,15,17). The van der Waals surface area contributed by atoms with Crippen LogP contribution in [0.1, 0.15) is 13.8 Å². The van der Waals surface area contributed by atoms with E-state index in [4.69, 9.17) is 9.47 Å². The molecule has 0 aliphatic carbocycles. The van der Waals surface area contributed by atoms with Gasteiger partial charge in [0.05, 0.1) is 6.54 Å². The number of hydrogen-bond acceptors (Lipinski definition) is 4. The number of nitrogens with one attached hydrogen (secondary N) is 2. The van der Waals surface area contributed by atoms with Crippen molar-refractivity contribution in [3.8, 4) is 5.75 Å². The number of ether oxygens (including phenoxy) is 2. The molecule has 106 valence electrons. The number of carbonyl (C=O) groups excluding carboxylic acids is 1. The molecule has 0 aliphatic rings. The molecule has 0 heterocycles. The lowest BCUT2D eigenvalue weighted by molar-refractivity contribution is -0.131. The van der Waals surface area contributed by atoms with Gasteiger partial charge >= 0.3 is 6.03 Å². The van der Waals surface area contributed by atoms with Crippen molar-refractivity contribution < 1.29 is 19.4 Å². The minimum Gasteiger partial charge on any atom is -0.508 e. The van der Waals surface area contributed by atoms with Crippen molar-refractivity contribution in [2.75, 3.05) is 25.1 Å². The van der Waals surface area contributed by atoms with Crippen LogP contribution in [0.5, 0.6) is 5.75 Å². The van der Waals surface area contributed by atoms with Gasteiger partial charge in [-0.15, -0.1) is 0 Å². The monoisotopic (exact) mass is 268 g/mol. The van der Waals surface area contributed by atoms with Crippen LogP contribution in [0.25, 0.3) is 0 Å². The van der Waals surface area contributed by atoms with E-state index >= 15 is 0 Å². The van der Waals surface area contributed by atoms with E-state index in [9.17, 15) is 9.90 Å². The first-order valence-corrected chi connectivity index (χ1v) is 6.22. The molecule has 0 bridgehead atoms. The Morgan fingerprint density at radius 2 is 2.00 bits per heavy atom. The lowest BCUT2D eigenvalue weighted by Gasteiger charge is -2.17. The fourth-order valence-electron chi connectivity index (χ4n) is 1.47. The summed E-state index contributed by atoms with van der Waals surface area (Å²) in [5.41, 5.74) is 0.516. The number of anilines is 1. The summed E-state index contributed by atoms with van der Waals surface area (Å²) in [5, 5.41) is 14.5. The van der Waals surface area contributed by atoms with E-state index in [1.54, 1.807) is 12.1 Å². The molecule has 19 heavy (non-hydrogen) atoms. The summed E-state index contributed by atoms with van der Waals surface area (Å²) in [6, 6.07) is 5.94. The molecule has 1 rings (SSSR count). The number of urea groups is 1. The third kappa shape index (κ3) is 6.08. The Hall–Kier alpha value is -1.79. The third-order valence-electron chi connectivity index (χ3n) is 2.24. The molecule has 2 amide bonds. The van der Waals surface area contributed by atoms with Crippen molar-refractivity contribution in [3.63, 3.8) is 0 Å². The third-order valence-corrected chi connectivity index (χ3v) is 2.24. The Labute approximate surface area is 112 Å². The second-order valence-electron chi connectivity index (χ2n) is 3.73. The molecule has 0 spiro atoms. The van der Waals surface area contributed by atoms with Gasteiger partial charge in [-0.1, -0.05) is 6.07 Å². The summed E-state index contributed by atoms with van der Waals surface area (Å²) in [6.07, 6.45) is -0.454. The highest BCUT2D eigenvalue weighted by molar-refractivity contribution is 5.89. The molecule has 0 fully saturated rings. The number of rotatable bonds is 7. The largest absolute Gasteiger partial charge is 0.508 e. The zero-order chi connectivity index (χ0) is 14.1. The van der Waals surface area contributed by atoms with Gasteiger partial charge in [0.2, 0.25) is 0 Å². The first-order valence-electron chi connectivity index (χ1n) is 6.22. The average Bonchev–Trinajstić information content (AvgIpc) is 2.36. The Morgan fingerprint density at radius 1 is 1.32 bits per heavy atom. The SMILES string of the molecule is CCOC(CNC(=O)Nc1cccc(O)c1)OCC. The fourth-order valence-corrected chi connectivity index (χ4v) is 1.47. The van der Waals surface area contributed by atoms with Gasteiger partial charge in [-0.2, -0.15) is 0 Å². The van der Waals surface area contributed by atoms with E-state index in [0.717, 1.165) is 0 Å². The van der Waals surface area contributed by atoms with Gasteiger partial charge in [0.15, 0.2) is 6.29 Å². The van der Waals surface area contributed by atoms with E-state index in [1.807, 2.05) is 13.8 Å². The van der Waals surface area contributed by atoms with Gasteiger partial charge in [-0.05, 0) is 26.0 Å². The van der Waals surface area contributed by atoms with Crippen molar-refractivity contribution in [2.24, 2.45) is 0 Å². The van der Waals surface area contributed by atoms with Crippen LogP contribution in [-0.2, 0) is 9.47 Å². The Bertz CT molecular complexity index is 392. The van der Waals surface area contributed by atoms with Crippen LogP contribution in [0.3, 0.4) is 0 Å². The lowest BCUT2D eigenvalue weighted by Crippen LogP contribution is -2.37. The number of phenolic OH excluding ortho intramolecular Hbond substituents is 1. The van der Waals surface area contributed by atoms with Crippen LogP contribution in [-0.4, -0.2) is 37.2 Å². The number of hydrogen-bond donors (Lipinski definition) is 3. The van der Waals surface area contributed by atoms with Crippen molar-refractivity contribution in [3.05, 3.63) is 24.3 Å². The number of phenols is 1. The summed E-state index contributed by atoms with van der Waals surface area (Å²) in [4.78, 5) is 11.6. The van der Waals surface area contributed by atoms with Crippen molar-refractivity contribution in [2.45, 2.75) is 20.1 Å². The van der Waals surface area contributed by atoms with E-state index in [0.29, 0.717) is 18.9 Å². The Morgan fingerprint density at radius 3 is 2.58 bits per heavy atom. The summed E-state index contributed by atoms with van der Waals surface area (Å²) < 4.78 is 10.6. The zero-order valence-corrected chi connectivity index (χ0v) is 11.2. The molecule has 1 aromatic rings. The molecule has 0 atom stereocenters. The quantitative estimate of drug-likeness (QED) is 0.660. The molecule has 0 aromatic heterocycles. The highest BCUT2D eigenvalue weighted by atomic mass is 16.7. The Balaban J connectivity index is 2.38. The normalized spacial score (nSPS) is 10.5. The van der Waals surface area contributed by atoms with Crippen LogP contribution in [0.2, 0.25) is 0 Å². The first-order chi connectivity index (χ1) is 9.15. The summed E-state index contributed by atoms with van der Waals surface area (Å²) in [6.45, 7) is 5.01. The maximum Gasteiger partial charge on any atom is 0.319 e. The molecule has 0 radical (unpaired) electrons. The van der Waals surface area contributed by atoms with Gasteiger partial charge in [-0.3, -0.25) is 0 Å². The minimum atomic E-state index is -0.454. The molecule has 3 N–H and O–H groups in total. The topological polar surface area (TPSA) is 79.8 Å². The van der Waals surface area contributed by atoms with E-state index in [-0.39, 0.29) is 18.3 Å². The predicted molar refractivity (Wildman–Crippen MR) is 72.2 cm³/mol. The van der Waals surface area contributed by atoms with Crippen molar-refractivity contribution >= 4 is 11.7 Å². The highest BCUT2D eigenvalue weighted by Gasteiger charge is 2.10. The molecule has 0 aliphatic heterocycles. The molecule has 0 saturated carbocycles. The molecule has 1 aromatic carbocycles. The number of aromatic hydroxyl groups is 1. The Kier molecular flexibility index (Phi) is 6.70. The molecular formula is C13H20N2O4.